The highest BCUT2D eigenvalue weighted by Crippen LogP contribution is 2.32. The maximum absolute atomic E-state index is 13.9. The molecule has 0 aliphatic heterocycles. The van der Waals surface area contributed by atoms with Gasteiger partial charge in [-0.05, 0) is 101 Å². The van der Waals surface area contributed by atoms with Crippen molar-refractivity contribution in [2.45, 2.75) is 25.3 Å². The van der Waals surface area contributed by atoms with Crippen LogP contribution in [-0.2, 0) is 21.4 Å². The van der Waals surface area contributed by atoms with Crippen molar-refractivity contribution in [1.29, 1.82) is 0 Å². The van der Waals surface area contributed by atoms with Crippen molar-refractivity contribution in [2.24, 2.45) is 5.10 Å². The highest BCUT2D eigenvalue weighted by atomic mass is 32.2. The molecule has 0 aliphatic rings. The summed E-state index contributed by atoms with van der Waals surface area (Å²) in [5, 5.41) is 6.40. The van der Waals surface area contributed by atoms with Crippen LogP contribution in [-0.4, -0.2) is 41.3 Å². The normalized spacial score (nSPS) is 11.4. The molecule has 1 amide bonds. The zero-order valence-corrected chi connectivity index (χ0v) is 26.9. The standard InChI is InChI=1S/C36H35N3O6S/c1-25-17-26(2)19-31(18-25)39(46(41,42)33-15-16-34(43-3)35(21-33)44-4)23-36(40)38-37-22-27-10-13-32(14-11-27)45-24-28-9-12-29-7-5-6-8-30(29)20-28/h5-22H,23-24H2,1-4H3,(H,38,40)/b37-22-. The first-order valence-electron chi connectivity index (χ1n) is 14.5. The second kappa shape index (κ2) is 14.2. The Morgan fingerprint density at radius 2 is 1.50 bits per heavy atom. The number of hydrazone groups is 1. The molecule has 46 heavy (non-hydrogen) atoms. The molecule has 1 N–H and O–H groups in total. The van der Waals surface area contributed by atoms with Gasteiger partial charge in [0.15, 0.2) is 11.5 Å². The van der Waals surface area contributed by atoms with Gasteiger partial charge in [-0.15, -0.1) is 0 Å². The highest BCUT2D eigenvalue weighted by Gasteiger charge is 2.28. The molecule has 0 fully saturated rings. The smallest absolute Gasteiger partial charge is 0.264 e. The van der Waals surface area contributed by atoms with E-state index in [1.165, 1.54) is 44.0 Å². The number of aryl methyl sites for hydroxylation is 2. The molecule has 5 aromatic carbocycles. The lowest BCUT2D eigenvalue weighted by Crippen LogP contribution is -2.39. The van der Waals surface area contributed by atoms with E-state index < -0.39 is 22.5 Å². The monoisotopic (exact) mass is 637 g/mol. The number of rotatable bonds is 12. The topological polar surface area (TPSA) is 107 Å². The number of fused-ring (bicyclic) bond motifs is 1. The third kappa shape index (κ3) is 7.65. The predicted octanol–water partition coefficient (Wildman–Crippen LogP) is 6.40. The zero-order valence-electron chi connectivity index (χ0n) is 26.1. The van der Waals surface area contributed by atoms with E-state index >= 15 is 0 Å². The van der Waals surface area contributed by atoms with Crippen LogP contribution in [0.15, 0.2) is 113 Å². The quantitative estimate of drug-likeness (QED) is 0.125. The molecule has 0 heterocycles. The van der Waals surface area contributed by atoms with E-state index in [9.17, 15) is 13.2 Å². The van der Waals surface area contributed by atoms with Gasteiger partial charge in [-0.3, -0.25) is 9.10 Å². The van der Waals surface area contributed by atoms with E-state index in [4.69, 9.17) is 14.2 Å². The second-order valence-corrected chi connectivity index (χ2v) is 12.6. The average Bonchev–Trinajstić information content (AvgIpc) is 3.05. The maximum Gasteiger partial charge on any atom is 0.264 e. The van der Waals surface area contributed by atoms with Gasteiger partial charge in [-0.1, -0.05) is 42.5 Å². The van der Waals surface area contributed by atoms with Crippen molar-refractivity contribution in [3.05, 3.63) is 125 Å². The molecule has 236 valence electrons. The van der Waals surface area contributed by atoms with E-state index in [1.54, 1.807) is 12.1 Å². The summed E-state index contributed by atoms with van der Waals surface area (Å²) < 4.78 is 45.3. The van der Waals surface area contributed by atoms with Crippen LogP contribution < -0.4 is 23.9 Å². The second-order valence-electron chi connectivity index (χ2n) is 10.7. The van der Waals surface area contributed by atoms with Crippen LogP contribution in [0.25, 0.3) is 10.8 Å². The first-order valence-corrected chi connectivity index (χ1v) is 16.0. The summed E-state index contributed by atoms with van der Waals surface area (Å²) >= 11 is 0. The Morgan fingerprint density at radius 3 is 2.20 bits per heavy atom. The van der Waals surface area contributed by atoms with Crippen LogP contribution in [0.4, 0.5) is 5.69 Å². The summed E-state index contributed by atoms with van der Waals surface area (Å²) in [7, 11) is -1.30. The first-order chi connectivity index (χ1) is 22.2. The molecule has 0 aromatic heterocycles. The zero-order chi connectivity index (χ0) is 32.7. The van der Waals surface area contributed by atoms with E-state index in [0.29, 0.717) is 23.8 Å². The molecule has 0 saturated carbocycles. The van der Waals surface area contributed by atoms with Crippen molar-refractivity contribution >= 4 is 38.6 Å². The molecule has 0 aliphatic carbocycles. The van der Waals surface area contributed by atoms with Crippen LogP contribution in [0.5, 0.6) is 17.2 Å². The Kier molecular flexibility index (Phi) is 9.88. The minimum absolute atomic E-state index is 0.0523. The van der Waals surface area contributed by atoms with Gasteiger partial charge in [0.25, 0.3) is 15.9 Å². The van der Waals surface area contributed by atoms with Gasteiger partial charge in [0, 0.05) is 6.07 Å². The summed E-state index contributed by atoms with van der Waals surface area (Å²) in [6.45, 7) is 3.65. The Hall–Kier alpha value is -5.35. The predicted molar refractivity (Wildman–Crippen MR) is 180 cm³/mol. The number of anilines is 1. The molecule has 0 bridgehead atoms. The Labute approximate surface area is 269 Å². The number of sulfonamides is 1. The molecule has 0 unspecified atom stereocenters. The molecule has 0 radical (unpaired) electrons. The number of hydrogen-bond donors (Lipinski definition) is 1. The van der Waals surface area contributed by atoms with Gasteiger partial charge < -0.3 is 14.2 Å². The highest BCUT2D eigenvalue weighted by molar-refractivity contribution is 7.92. The molecular formula is C36H35N3O6S. The Bertz CT molecular complexity index is 1970. The summed E-state index contributed by atoms with van der Waals surface area (Å²) in [5.41, 5.74) is 6.30. The summed E-state index contributed by atoms with van der Waals surface area (Å²) in [6, 6.07) is 31.3. The number of nitrogens with zero attached hydrogens (tertiary/aromatic N) is 2. The fraction of sp³-hybridized carbons (Fsp3) is 0.167. The fourth-order valence-corrected chi connectivity index (χ4v) is 6.42. The van der Waals surface area contributed by atoms with Crippen molar-refractivity contribution in [2.75, 3.05) is 25.1 Å². The number of amides is 1. The molecule has 10 heteroatoms. The summed E-state index contributed by atoms with van der Waals surface area (Å²) in [4.78, 5) is 13.0. The van der Waals surface area contributed by atoms with Crippen LogP contribution in [0, 0.1) is 13.8 Å². The van der Waals surface area contributed by atoms with Gasteiger partial charge in [-0.2, -0.15) is 5.10 Å². The lowest BCUT2D eigenvalue weighted by Gasteiger charge is -2.25. The van der Waals surface area contributed by atoms with Crippen molar-refractivity contribution in [3.8, 4) is 17.2 Å². The van der Waals surface area contributed by atoms with E-state index in [1.807, 2.05) is 62.4 Å². The van der Waals surface area contributed by atoms with Gasteiger partial charge in [0.2, 0.25) is 0 Å². The van der Waals surface area contributed by atoms with E-state index in [2.05, 4.69) is 34.8 Å². The maximum atomic E-state index is 13.9. The van der Waals surface area contributed by atoms with Gasteiger partial charge in [-0.25, -0.2) is 13.8 Å². The first kappa shape index (κ1) is 32.1. The largest absolute Gasteiger partial charge is 0.493 e. The average molecular weight is 638 g/mol. The lowest BCUT2D eigenvalue weighted by molar-refractivity contribution is -0.119. The number of benzene rings is 5. The molecule has 9 nitrogen and oxygen atoms in total. The van der Waals surface area contributed by atoms with E-state index in [-0.39, 0.29) is 10.6 Å². The van der Waals surface area contributed by atoms with Crippen LogP contribution >= 0.6 is 0 Å². The number of ether oxygens (including phenoxy) is 3. The number of hydrogen-bond acceptors (Lipinski definition) is 7. The summed E-state index contributed by atoms with van der Waals surface area (Å²) in [6.07, 6.45) is 1.48. The molecule has 5 aromatic rings. The summed E-state index contributed by atoms with van der Waals surface area (Å²) in [5.74, 6) is 0.715. The fourth-order valence-electron chi connectivity index (χ4n) is 5.00. The number of methoxy groups -OCH3 is 2. The molecule has 0 atom stereocenters. The molecule has 0 spiro atoms. The number of carbonyl (C=O) groups excluding carboxylic acids is 1. The molecular weight excluding hydrogens is 602 g/mol. The number of nitrogens with one attached hydrogen (secondary N) is 1. The minimum Gasteiger partial charge on any atom is -0.493 e. The SMILES string of the molecule is COc1ccc(S(=O)(=O)N(CC(=O)N/N=C\c2ccc(OCc3ccc4ccccc4c3)cc2)c2cc(C)cc(C)c2)cc1OC. The molecule has 5 rings (SSSR count). The van der Waals surface area contributed by atoms with Crippen molar-refractivity contribution < 1.29 is 27.4 Å². The van der Waals surface area contributed by atoms with E-state index in [0.717, 1.165) is 31.9 Å². The van der Waals surface area contributed by atoms with Gasteiger partial charge in [0.1, 0.15) is 18.9 Å². The Balaban J connectivity index is 1.26. The minimum atomic E-state index is -4.19. The number of carbonyl (C=O) groups is 1. The van der Waals surface area contributed by atoms with Crippen LogP contribution in [0.2, 0.25) is 0 Å². The molecule has 0 saturated heterocycles. The van der Waals surface area contributed by atoms with Crippen LogP contribution in [0.1, 0.15) is 22.3 Å². The Morgan fingerprint density at radius 1 is 0.804 bits per heavy atom. The van der Waals surface area contributed by atoms with Crippen molar-refractivity contribution in [3.63, 3.8) is 0 Å². The van der Waals surface area contributed by atoms with Gasteiger partial charge in [0.05, 0.1) is 31.0 Å². The third-order valence-electron chi connectivity index (χ3n) is 7.23. The third-order valence-corrected chi connectivity index (χ3v) is 9.00. The van der Waals surface area contributed by atoms with Crippen LogP contribution in [0.3, 0.4) is 0 Å². The van der Waals surface area contributed by atoms with Crippen molar-refractivity contribution in [1.82, 2.24) is 5.43 Å². The lowest BCUT2D eigenvalue weighted by atomic mass is 10.1. The van der Waals surface area contributed by atoms with Gasteiger partial charge >= 0.3 is 0 Å².